The lowest BCUT2D eigenvalue weighted by molar-refractivity contribution is -0.132. The summed E-state index contributed by atoms with van der Waals surface area (Å²) in [6.07, 6.45) is 4.96. The van der Waals surface area contributed by atoms with Crippen molar-refractivity contribution < 1.29 is 4.79 Å². The van der Waals surface area contributed by atoms with E-state index in [9.17, 15) is 4.79 Å². The third-order valence-electron chi connectivity index (χ3n) is 5.44. The number of anilines is 1. The van der Waals surface area contributed by atoms with Crippen molar-refractivity contribution in [1.82, 2.24) is 20.4 Å². The number of nitrogens with zero attached hydrogens (tertiary/aromatic N) is 4. The number of halogens is 2. The van der Waals surface area contributed by atoms with Crippen molar-refractivity contribution in [3.05, 3.63) is 17.8 Å². The summed E-state index contributed by atoms with van der Waals surface area (Å²) in [6, 6.07) is 4.45. The number of rotatable bonds is 5. The largest absolute Gasteiger partial charge is 0.355 e. The summed E-state index contributed by atoms with van der Waals surface area (Å²) in [5.41, 5.74) is 0.935. The van der Waals surface area contributed by atoms with Gasteiger partial charge in [0.1, 0.15) is 0 Å². The van der Waals surface area contributed by atoms with Crippen molar-refractivity contribution in [3.63, 3.8) is 0 Å². The molecule has 1 atom stereocenters. The molecule has 0 spiro atoms. The molecule has 26 heavy (non-hydrogen) atoms. The van der Waals surface area contributed by atoms with E-state index in [4.69, 9.17) is 0 Å². The number of aromatic nitrogens is 2. The highest BCUT2D eigenvalue weighted by molar-refractivity contribution is 5.85. The second-order valence-electron chi connectivity index (χ2n) is 7.15. The van der Waals surface area contributed by atoms with Gasteiger partial charge in [-0.3, -0.25) is 4.79 Å². The van der Waals surface area contributed by atoms with Crippen molar-refractivity contribution in [3.8, 4) is 0 Å². The average molecular weight is 404 g/mol. The third kappa shape index (κ3) is 5.96. The number of likely N-dealkylation sites (tertiary alicyclic amines) is 1. The van der Waals surface area contributed by atoms with Gasteiger partial charge < -0.3 is 15.1 Å². The highest BCUT2D eigenvalue weighted by atomic mass is 35.5. The molecule has 0 bridgehead atoms. The van der Waals surface area contributed by atoms with Crippen molar-refractivity contribution in [2.75, 3.05) is 38.1 Å². The first kappa shape index (κ1) is 22.9. The lowest BCUT2D eigenvalue weighted by atomic mass is 10.00. The Balaban J connectivity index is 0.00000169. The summed E-state index contributed by atoms with van der Waals surface area (Å²) in [5.74, 6) is 1.94. The third-order valence-corrected chi connectivity index (χ3v) is 5.44. The van der Waals surface area contributed by atoms with Gasteiger partial charge in [-0.25, -0.2) is 0 Å². The van der Waals surface area contributed by atoms with Gasteiger partial charge in [0, 0.05) is 32.6 Å². The smallest absolute Gasteiger partial charge is 0.222 e. The Morgan fingerprint density at radius 3 is 2.54 bits per heavy atom. The van der Waals surface area contributed by atoms with Gasteiger partial charge in [0.15, 0.2) is 5.82 Å². The molecule has 2 fully saturated rings. The molecule has 1 unspecified atom stereocenters. The molecule has 2 aliphatic heterocycles. The van der Waals surface area contributed by atoms with E-state index >= 15 is 0 Å². The fourth-order valence-corrected chi connectivity index (χ4v) is 3.72. The summed E-state index contributed by atoms with van der Waals surface area (Å²) >= 11 is 0. The first-order chi connectivity index (χ1) is 11.6. The van der Waals surface area contributed by atoms with E-state index in [0.717, 1.165) is 57.0 Å². The molecular weight excluding hydrogens is 373 g/mol. The Labute approximate surface area is 168 Å². The summed E-state index contributed by atoms with van der Waals surface area (Å²) in [7, 11) is 2.08. The Bertz CT molecular complexity index is 543. The van der Waals surface area contributed by atoms with Crippen LogP contribution in [0.1, 0.15) is 37.8 Å². The van der Waals surface area contributed by atoms with E-state index in [-0.39, 0.29) is 24.8 Å². The molecule has 1 aromatic heterocycles. The predicted octanol–water partition coefficient (Wildman–Crippen LogP) is 2.45. The molecule has 148 valence electrons. The second-order valence-corrected chi connectivity index (χ2v) is 7.15. The van der Waals surface area contributed by atoms with Crippen LogP contribution < -0.4 is 10.2 Å². The van der Waals surface area contributed by atoms with Gasteiger partial charge in [-0.1, -0.05) is 0 Å². The van der Waals surface area contributed by atoms with E-state index in [2.05, 4.69) is 27.5 Å². The van der Waals surface area contributed by atoms with Crippen LogP contribution in [0.3, 0.4) is 0 Å². The number of carbonyl (C=O) groups is 1. The Kier molecular flexibility index (Phi) is 9.61. The number of piperidine rings is 1. The number of amides is 1. The van der Waals surface area contributed by atoms with Gasteiger partial charge in [0.2, 0.25) is 5.91 Å². The van der Waals surface area contributed by atoms with E-state index in [0.29, 0.717) is 24.3 Å². The fraction of sp³-hybridized carbons (Fsp3) is 0.722. The van der Waals surface area contributed by atoms with Gasteiger partial charge in [0.25, 0.3) is 0 Å². The molecule has 0 aromatic carbocycles. The average Bonchev–Trinajstić information content (AvgIpc) is 3.13. The zero-order chi connectivity index (χ0) is 16.9. The maximum absolute atomic E-state index is 12.4. The molecule has 1 aromatic rings. The number of aryl methyl sites for hydroxylation is 1. The quantitative estimate of drug-likeness (QED) is 0.817. The summed E-state index contributed by atoms with van der Waals surface area (Å²) in [5, 5.41) is 11.8. The number of hydrogen-bond donors (Lipinski definition) is 1. The Morgan fingerprint density at radius 2 is 1.96 bits per heavy atom. The van der Waals surface area contributed by atoms with Crippen molar-refractivity contribution in [2.24, 2.45) is 5.92 Å². The minimum absolute atomic E-state index is 0. The van der Waals surface area contributed by atoms with E-state index in [1.54, 1.807) is 0 Å². The number of carbonyl (C=O) groups excluding carboxylic acids is 1. The molecule has 3 heterocycles. The highest BCUT2D eigenvalue weighted by Gasteiger charge is 2.26. The zero-order valence-corrected chi connectivity index (χ0v) is 17.3. The second kappa shape index (κ2) is 10.9. The van der Waals surface area contributed by atoms with Crippen LogP contribution in [0, 0.1) is 12.8 Å². The van der Waals surface area contributed by atoms with Crippen LogP contribution in [-0.4, -0.2) is 60.3 Å². The molecule has 0 saturated carbocycles. The molecule has 2 saturated heterocycles. The normalized spacial score (nSPS) is 20.2. The molecule has 3 rings (SSSR count). The minimum Gasteiger partial charge on any atom is -0.355 e. The summed E-state index contributed by atoms with van der Waals surface area (Å²) in [6.45, 7) is 5.85. The van der Waals surface area contributed by atoms with Crippen LogP contribution >= 0.6 is 24.8 Å². The molecule has 1 amide bonds. The van der Waals surface area contributed by atoms with Gasteiger partial charge in [-0.15, -0.1) is 29.9 Å². The van der Waals surface area contributed by atoms with Gasteiger partial charge in [-0.2, -0.15) is 5.10 Å². The van der Waals surface area contributed by atoms with Gasteiger partial charge in [-0.05, 0) is 63.7 Å². The molecule has 0 radical (unpaired) electrons. The molecule has 6 nitrogen and oxygen atoms in total. The zero-order valence-electron chi connectivity index (χ0n) is 15.7. The highest BCUT2D eigenvalue weighted by Crippen LogP contribution is 2.22. The van der Waals surface area contributed by atoms with Crippen molar-refractivity contribution in [1.29, 1.82) is 0 Å². The Hall–Kier alpha value is -1.11. The fourth-order valence-electron chi connectivity index (χ4n) is 3.72. The van der Waals surface area contributed by atoms with Crippen LogP contribution in [0.4, 0.5) is 5.82 Å². The number of nitrogens with one attached hydrogen (secondary N) is 1. The maximum atomic E-state index is 12.4. The first-order valence-electron chi connectivity index (χ1n) is 9.15. The molecule has 8 heteroatoms. The van der Waals surface area contributed by atoms with Crippen LogP contribution in [0.25, 0.3) is 0 Å². The molecule has 2 aliphatic rings. The van der Waals surface area contributed by atoms with Crippen molar-refractivity contribution >= 4 is 36.5 Å². The summed E-state index contributed by atoms with van der Waals surface area (Å²) in [4.78, 5) is 16.7. The van der Waals surface area contributed by atoms with Gasteiger partial charge >= 0.3 is 0 Å². The molecule has 1 N–H and O–H groups in total. The minimum atomic E-state index is 0. The van der Waals surface area contributed by atoms with E-state index < -0.39 is 0 Å². The summed E-state index contributed by atoms with van der Waals surface area (Å²) < 4.78 is 0. The Morgan fingerprint density at radius 1 is 1.23 bits per heavy atom. The van der Waals surface area contributed by atoms with Crippen LogP contribution in [0.15, 0.2) is 12.1 Å². The maximum Gasteiger partial charge on any atom is 0.222 e. The SMILES string of the molecule is Cc1ccc(N(C)C2CCN(C(=O)CCC3CCNC3)CC2)nn1.Cl.Cl. The predicted molar refractivity (Wildman–Crippen MR) is 109 cm³/mol. The lowest BCUT2D eigenvalue weighted by Crippen LogP contribution is -2.46. The number of hydrogen-bond acceptors (Lipinski definition) is 5. The van der Waals surface area contributed by atoms with Crippen molar-refractivity contribution in [2.45, 2.75) is 45.1 Å². The van der Waals surface area contributed by atoms with Crippen LogP contribution in [0.2, 0.25) is 0 Å². The van der Waals surface area contributed by atoms with Gasteiger partial charge in [0.05, 0.1) is 5.69 Å². The topological polar surface area (TPSA) is 61.4 Å². The lowest BCUT2D eigenvalue weighted by Gasteiger charge is -2.37. The molecular formula is C18H31Cl2N5O. The monoisotopic (exact) mass is 403 g/mol. The van der Waals surface area contributed by atoms with E-state index in [1.165, 1.54) is 6.42 Å². The van der Waals surface area contributed by atoms with Crippen LogP contribution in [-0.2, 0) is 4.79 Å². The first-order valence-corrected chi connectivity index (χ1v) is 9.15. The van der Waals surface area contributed by atoms with Crippen LogP contribution in [0.5, 0.6) is 0 Å². The van der Waals surface area contributed by atoms with E-state index in [1.807, 2.05) is 24.0 Å². The standard InChI is InChI=1S/C18H29N5O.2ClH/c1-14-3-5-17(21-20-14)22(2)16-8-11-23(12-9-16)18(24)6-4-15-7-10-19-13-15;;/h3,5,15-16,19H,4,6-13H2,1-2H3;2*1H. The molecule has 0 aliphatic carbocycles.